The van der Waals surface area contributed by atoms with E-state index in [0.717, 1.165) is 19.5 Å². The van der Waals surface area contributed by atoms with Crippen LogP contribution in [-0.4, -0.2) is 61.3 Å². The van der Waals surface area contributed by atoms with Gasteiger partial charge in [-0.05, 0) is 6.42 Å². The standard InChI is InChI=1S/C14H24N6O2/c1-4-5-12(21)15-10-11-16-13(19(2)3)18-14(17-11)20-6-8-22-9-7-20/h4-10H2,1-3H3,(H,15,21). The lowest BCUT2D eigenvalue weighted by atomic mass is 10.3. The average molecular weight is 308 g/mol. The first-order valence-electron chi connectivity index (χ1n) is 7.61. The van der Waals surface area contributed by atoms with Gasteiger partial charge in [-0.15, -0.1) is 0 Å². The Hall–Kier alpha value is -1.96. The van der Waals surface area contributed by atoms with Crippen molar-refractivity contribution in [2.75, 3.05) is 50.2 Å². The molecule has 0 saturated carbocycles. The second kappa shape index (κ2) is 7.88. The lowest BCUT2D eigenvalue weighted by molar-refractivity contribution is -0.121. The molecule has 1 amide bonds. The van der Waals surface area contributed by atoms with Crippen molar-refractivity contribution in [2.24, 2.45) is 0 Å². The lowest BCUT2D eigenvalue weighted by Gasteiger charge is -2.27. The van der Waals surface area contributed by atoms with Crippen LogP contribution in [-0.2, 0) is 16.1 Å². The van der Waals surface area contributed by atoms with E-state index in [-0.39, 0.29) is 5.91 Å². The summed E-state index contributed by atoms with van der Waals surface area (Å²) in [5.41, 5.74) is 0. The van der Waals surface area contributed by atoms with E-state index in [0.29, 0.717) is 43.9 Å². The number of nitrogens with one attached hydrogen (secondary N) is 1. The van der Waals surface area contributed by atoms with Crippen LogP contribution < -0.4 is 15.1 Å². The zero-order valence-electron chi connectivity index (χ0n) is 13.5. The molecule has 0 spiro atoms. The fourth-order valence-corrected chi connectivity index (χ4v) is 2.07. The number of rotatable bonds is 6. The summed E-state index contributed by atoms with van der Waals surface area (Å²) in [6.45, 7) is 5.16. The molecule has 1 aliphatic rings. The highest BCUT2D eigenvalue weighted by atomic mass is 16.5. The summed E-state index contributed by atoms with van der Waals surface area (Å²) in [6.07, 6.45) is 1.34. The molecule has 0 radical (unpaired) electrons. The fourth-order valence-electron chi connectivity index (χ4n) is 2.07. The van der Waals surface area contributed by atoms with Crippen LogP contribution in [0.2, 0.25) is 0 Å². The maximum Gasteiger partial charge on any atom is 0.230 e. The number of morpholine rings is 1. The van der Waals surface area contributed by atoms with Crippen LogP contribution in [0.3, 0.4) is 0 Å². The van der Waals surface area contributed by atoms with E-state index >= 15 is 0 Å². The summed E-state index contributed by atoms with van der Waals surface area (Å²) < 4.78 is 5.35. The van der Waals surface area contributed by atoms with Gasteiger partial charge in [0.1, 0.15) is 0 Å². The Balaban J connectivity index is 2.13. The number of aromatic nitrogens is 3. The lowest BCUT2D eigenvalue weighted by Crippen LogP contribution is -2.38. The molecule has 1 aromatic heterocycles. The van der Waals surface area contributed by atoms with Gasteiger partial charge in [0.15, 0.2) is 5.82 Å². The Morgan fingerprint density at radius 1 is 1.27 bits per heavy atom. The van der Waals surface area contributed by atoms with Crippen molar-refractivity contribution in [1.29, 1.82) is 0 Å². The minimum absolute atomic E-state index is 0.0160. The van der Waals surface area contributed by atoms with Gasteiger partial charge < -0.3 is 19.9 Å². The van der Waals surface area contributed by atoms with Crippen molar-refractivity contribution in [3.63, 3.8) is 0 Å². The summed E-state index contributed by atoms with van der Waals surface area (Å²) in [5.74, 6) is 1.82. The molecular weight excluding hydrogens is 284 g/mol. The third kappa shape index (κ3) is 4.52. The van der Waals surface area contributed by atoms with E-state index in [4.69, 9.17) is 4.74 Å². The Labute approximate surface area is 130 Å². The number of hydrogen-bond acceptors (Lipinski definition) is 7. The van der Waals surface area contributed by atoms with E-state index in [2.05, 4.69) is 25.2 Å². The third-order valence-electron chi connectivity index (χ3n) is 3.27. The fraction of sp³-hybridized carbons (Fsp3) is 0.714. The van der Waals surface area contributed by atoms with Crippen molar-refractivity contribution < 1.29 is 9.53 Å². The first-order chi connectivity index (χ1) is 10.6. The first kappa shape index (κ1) is 16.4. The van der Waals surface area contributed by atoms with E-state index in [1.807, 2.05) is 25.9 Å². The van der Waals surface area contributed by atoms with Crippen LogP contribution in [0, 0.1) is 0 Å². The van der Waals surface area contributed by atoms with E-state index in [1.54, 1.807) is 0 Å². The summed E-state index contributed by atoms with van der Waals surface area (Å²) in [5, 5.41) is 2.84. The van der Waals surface area contributed by atoms with Gasteiger partial charge in [0.25, 0.3) is 0 Å². The molecule has 1 aliphatic heterocycles. The monoisotopic (exact) mass is 308 g/mol. The summed E-state index contributed by atoms with van der Waals surface area (Å²) in [4.78, 5) is 28.9. The number of ether oxygens (including phenoxy) is 1. The predicted molar refractivity (Wildman–Crippen MR) is 83.9 cm³/mol. The predicted octanol–water partition coefficient (Wildman–Crippen LogP) is 0.191. The van der Waals surface area contributed by atoms with Gasteiger partial charge in [-0.2, -0.15) is 15.0 Å². The maximum atomic E-state index is 11.6. The molecule has 2 rings (SSSR count). The zero-order chi connectivity index (χ0) is 15.9. The number of hydrogen-bond donors (Lipinski definition) is 1. The van der Waals surface area contributed by atoms with Gasteiger partial charge in [0.05, 0.1) is 19.8 Å². The van der Waals surface area contributed by atoms with Crippen LogP contribution in [0.25, 0.3) is 0 Å². The third-order valence-corrected chi connectivity index (χ3v) is 3.27. The molecular formula is C14H24N6O2. The van der Waals surface area contributed by atoms with Crippen molar-refractivity contribution in [1.82, 2.24) is 20.3 Å². The molecule has 122 valence electrons. The minimum Gasteiger partial charge on any atom is -0.378 e. The molecule has 0 unspecified atom stereocenters. The van der Waals surface area contributed by atoms with Crippen LogP contribution in [0.1, 0.15) is 25.6 Å². The van der Waals surface area contributed by atoms with Gasteiger partial charge in [-0.3, -0.25) is 4.79 Å². The largest absolute Gasteiger partial charge is 0.378 e. The molecule has 8 heteroatoms. The second-order valence-electron chi connectivity index (χ2n) is 5.37. The van der Waals surface area contributed by atoms with Crippen molar-refractivity contribution in [2.45, 2.75) is 26.3 Å². The molecule has 0 bridgehead atoms. The molecule has 0 atom stereocenters. The molecule has 22 heavy (non-hydrogen) atoms. The van der Waals surface area contributed by atoms with E-state index < -0.39 is 0 Å². The molecule has 1 fully saturated rings. The highest BCUT2D eigenvalue weighted by Crippen LogP contribution is 2.14. The highest BCUT2D eigenvalue weighted by Gasteiger charge is 2.17. The van der Waals surface area contributed by atoms with Crippen LogP contribution >= 0.6 is 0 Å². The quantitative estimate of drug-likeness (QED) is 0.803. The molecule has 2 heterocycles. The topological polar surface area (TPSA) is 83.5 Å². The second-order valence-corrected chi connectivity index (χ2v) is 5.37. The number of carbonyl (C=O) groups excluding carboxylic acids is 1. The number of amides is 1. The number of nitrogens with zero attached hydrogens (tertiary/aromatic N) is 5. The minimum atomic E-state index is 0.0160. The summed E-state index contributed by atoms with van der Waals surface area (Å²) in [6, 6.07) is 0. The van der Waals surface area contributed by atoms with Crippen LogP contribution in [0.5, 0.6) is 0 Å². The van der Waals surface area contributed by atoms with Crippen molar-refractivity contribution in [3.05, 3.63) is 5.82 Å². The van der Waals surface area contributed by atoms with E-state index in [9.17, 15) is 4.79 Å². The Bertz CT molecular complexity index is 502. The normalized spacial score (nSPS) is 14.8. The number of anilines is 2. The summed E-state index contributed by atoms with van der Waals surface area (Å²) in [7, 11) is 3.77. The molecule has 0 aromatic carbocycles. The Morgan fingerprint density at radius 3 is 2.64 bits per heavy atom. The summed E-state index contributed by atoms with van der Waals surface area (Å²) >= 11 is 0. The first-order valence-corrected chi connectivity index (χ1v) is 7.61. The molecule has 1 aromatic rings. The molecule has 0 aliphatic carbocycles. The van der Waals surface area contributed by atoms with Crippen molar-refractivity contribution >= 4 is 17.8 Å². The number of carbonyl (C=O) groups is 1. The average Bonchev–Trinajstić information content (AvgIpc) is 2.54. The smallest absolute Gasteiger partial charge is 0.230 e. The van der Waals surface area contributed by atoms with Gasteiger partial charge >= 0.3 is 0 Å². The van der Waals surface area contributed by atoms with Crippen LogP contribution in [0.4, 0.5) is 11.9 Å². The van der Waals surface area contributed by atoms with E-state index in [1.165, 1.54) is 0 Å². The highest BCUT2D eigenvalue weighted by molar-refractivity contribution is 5.75. The van der Waals surface area contributed by atoms with Gasteiger partial charge in [-0.25, -0.2) is 0 Å². The Kier molecular flexibility index (Phi) is 5.88. The van der Waals surface area contributed by atoms with Gasteiger partial charge in [-0.1, -0.05) is 6.92 Å². The molecule has 1 saturated heterocycles. The molecule has 8 nitrogen and oxygen atoms in total. The van der Waals surface area contributed by atoms with Gasteiger partial charge in [0.2, 0.25) is 17.8 Å². The Morgan fingerprint density at radius 2 is 2.00 bits per heavy atom. The SMILES string of the molecule is CCCC(=O)NCc1nc(N(C)C)nc(N2CCOCC2)n1. The zero-order valence-corrected chi connectivity index (χ0v) is 13.5. The van der Waals surface area contributed by atoms with Gasteiger partial charge in [0, 0.05) is 33.6 Å². The van der Waals surface area contributed by atoms with Crippen molar-refractivity contribution in [3.8, 4) is 0 Å². The molecule has 1 N–H and O–H groups in total. The van der Waals surface area contributed by atoms with Crippen LogP contribution in [0.15, 0.2) is 0 Å². The maximum absolute atomic E-state index is 11.6.